The second-order valence-electron chi connectivity index (χ2n) is 3.75. The van der Waals surface area contributed by atoms with Crippen molar-refractivity contribution in [2.45, 2.75) is 6.92 Å². The van der Waals surface area contributed by atoms with Crippen LogP contribution in [0.4, 0.5) is 0 Å². The monoisotopic (exact) mass is 260 g/mol. The molecule has 0 bridgehead atoms. The van der Waals surface area contributed by atoms with Gasteiger partial charge in [0.2, 0.25) is 0 Å². The summed E-state index contributed by atoms with van der Waals surface area (Å²) in [4.78, 5) is 22.9. The van der Waals surface area contributed by atoms with Crippen molar-refractivity contribution >= 4 is 23.1 Å². The van der Waals surface area contributed by atoms with Gasteiger partial charge in [-0.3, -0.25) is 0 Å². The first kappa shape index (κ1) is 12.8. The van der Waals surface area contributed by atoms with Gasteiger partial charge in [-0.1, -0.05) is 12.1 Å². The molecule has 2 aromatic rings. The fraction of sp³-hybridized carbons (Fsp3) is 0.154. The van der Waals surface area contributed by atoms with Gasteiger partial charge in [-0.2, -0.15) is 0 Å². The van der Waals surface area contributed by atoms with Crippen LogP contribution in [0.2, 0.25) is 0 Å². The quantitative estimate of drug-likeness (QED) is 0.475. The van der Waals surface area contributed by atoms with Crippen molar-refractivity contribution in [2.24, 2.45) is 0 Å². The number of esters is 1. The maximum atomic E-state index is 12.0. The molecule has 0 radical (unpaired) electrons. The van der Waals surface area contributed by atoms with Gasteiger partial charge in [-0.25, -0.2) is 4.79 Å². The summed E-state index contributed by atoms with van der Waals surface area (Å²) in [6, 6.07) is 6.43. The lowest BCUT2D eigenvalue weighted by atomic mass is 10.3. The van der Waals surface area contributed by atoms with Gasteiger partial charge in [0, 0.05) is 17.0 Å². The van der Waals surface area contributed by atoms with Crippen LogP contribution in [-0.2, 0) is 9.53 Å². The average molecular weight is 260 g/mol. The molecule has 0 N–H and O–H groups in total. The van der Waals surface area contributed by atoms with Gasteiger partial charge in [0.25, 0.3) is 11.7 Å². The molecular formula is C13H12N2O4. The van der Waals surface area contributed by atoms with Crippen molar-refractivity contribution < 1.29 is 14.0 Å². The van der Waals surface area contributed by atoms with Crippen molar-refractivity contribution in [1.82, 2.24) is 4.73 Å². The Bertz CT molecular complexity index is 703. The number of ether oxygens (including phenoxy) is 1. The summed E-state index contributed by atoms with van der Waals surface area (Å²) >= 11 is 0. The third-order valence-electron chi connectivity index (χ3n) is 2.50. The highest BCUT2D eigenvalue weighted by molar-refractivity contribution is 5.87. The van der Waals surface area contributed by atoms with E-state index >= 15 is 0 Å². The van der Waals surface area contributed by atoms with Crippen LogP contribution < -0.4 is 4.43 Å². The Morgan fingerprint density at radius 1 is 1.47 bits per heavy atom. The Labute approximate surface area is 108 Å². The molecule has 1 heterocycles. The Kier molecular flexibility index (Phi) is 3.61. The Balaban J connectivity index is 2.48. The molecule has 6 nitrogen and oxygen atoms in total. The molecule has 0 aliphatic heterocycles. The van der Waals surface area contributed by atoms with E-state index in [4.69, 9.17) is 4.74 Å². The Morgan fingerprint density at radius 3 is 2.95 bits per heavy atom. The fourth-order valence-corrected chi connectivity index (χ4v) is 1.66. The lowest BCUT2D eigenvalue weighted by molar-refractivity contribution is -0.464. The van der Waals surface area contributed by atoms with E-state index < -0.39 is 5.97 Å². The first-order valence-corrected chi connectivity index (χ1v) is 5.72. The van der Waals surface area contributed by atoms with E-state index in [0.29, 0.717) is 9.16 Å². The topological polar surface area (TPSA) is 77.3 Å². The number of rotatable bonds is 3. The van der Waals surface area contributed by atoms with Crippen LogP contribution in [0.25, 0.3) is 17.1 Å². The number of fused-ring (bicyclic) bond motifs is 1. The molecule has 0 unspecified atom stereocenters. The van der Waals surface area contributed by atoms with Gasteiger partial charge in [0.1, 0.15) is 11.2 Å². The number of aromatic nitrogens is 2. The summed E-state index contributed by atoms with van der Waals surface area (Å²) in [7, 11) is 0. The smallest absolute Gasteiger partial charge is 0.330 e. The number of benzene rings is 1. The lowest BCUT2D eigenvalue weighted by Crippen LogP contribution is -2.18. The first-order chi connectivity index (χ1) is 9.13. The molecule has 1 aromatic heterocycles. The van der Waals surface area contributed by atoms with E-state index in [9.17, 15) is 14.9 Å². The number of carbonyl (C=O) groups excluding carboxylic acids is 1. The second kappa shape index (κ2) is 5.34. The van der Waals surface area contributed by atoms with Crippen molar-refractivity contribution in [1.29, 1.82) is 0 Å². The van der Waals surface area contributed by atoms with Crippen LogP contribution >= 0.6 is 0 Å². The van der Waals surface area contributed by atoms with Crippen LogP contribution in [-0.4, -0.2) is 17.3 Å². The summed E-state index contributed by atoms with van der Waals surface area (Å²) in [5.74, 6) is -0.562. The third kappa shape index (κ3) is 2.62. The number of para-hydroxylation sites is 2. The van der Waals surface area contributed by atoms with Crippen LogP contribution in [0.1, 0.15) is 12.6 Å². The number of carbonyl (C=O) groups is 1. The Morgan fingerprint density at radius 2 is 2.21 bits per heavy atom. The molecule has 0 fully saturated rings. The standard InChI is InChI=1S/C13H12N2O4/c1-2-19-13(16)8-7-10-9-14(17)11-5-3-4-6-12(11)15(10)18/h3-9H,2H2,1H3/b8-7+. The molecule has 0 spiro atoms. The SMILES string of the molecule is CCOC(=O)/C=C/c1c[n+](=O)c2ccccc2n1[O-]. The number of nitrogens with zero attached hydrogens (tertiary/aromatic N) is 2. The predicted octanol–water partition coefficient (Wildman–Crippen LogP) is 1.48. The maximum Gasteiger partial charge on any atom is 0.330 e. The zero-order chi connectivity index (χ0) is 13.8. The van der Waals surface area contributed by atoms with E-state index in [1.54, 1.807) is 31.2 Å². The predicted molar refractivity (Wildman–Crippen MR) is 69.7 cm³/mol. The molecule has 0 amide bonds. The van der Waals surface area contributed by atoms with Crippen LogP contribution in [0.15, 0.2) is 36.5 Å². The second-order valence-corrected chi connectivity index (χ2v) is 3.75. The molecule has 19 heavy (non-hydrogen) atoms. The normalized spacial score (nSPS) is 11.0. The minimum absolute atomic E-state index is 0.0711. The zero-order valence-corrected chi connectivity index (χ0v) is 10.3. The van der Waals surface area contributed by atoms with E-state index in [1.165, 1.54) is 6.08 Å². The third-order valence-corrected chi connectivity index (χ3v) is 2.50. The van der Waals surface area contributed by atoms with Gasteiger partial charge >= 0.3 is 5.97 Å². The van der Waals surface area contributed by atoms with E-state index in [2.05, 4.69) is 0 Å². The summed E-state index contributed by atoms with van der Waals surface area (Å²) < 4.78 is 5.89. The highest BCUT2D eigenvalue weighted by atomic mass is 16.5. The summed E-state index contributed by atoms with van der Waals surface area (Å²) in [6.45, 7) is 1.93. The van der Waals surface area contributed by atoms with E-state index in [1.807, 2.05) is 0 Å². The molecule has 6 heteroatoms. The van der Waals surface area contributed by atoms with Gasteiger partial charge < -0.3 is 14.7 Å². The summed E-state index contributed by atoms with van der Waals surface area (Å²) in [5, 5.41) is 12.0. The molecule has 2 rings (SSSR count). The molecule has 0 aliphatic carbocycles. The largest absolute Gasteiger partial charge is 0.805 e. The number of hydrogen-bond acceptors (Lipinski definition) is 4. The molecule has 1 aromatic carbocycles. The molecule has 0 saturated carbocycles. The van der Waals surface area contributed by atoms with Crippen LogP contribution in [0.3, 0.4) is 0 Å². The van der Waals surface area contributed by atoms with Gasteiger partial charge in [0.15, 0.2) is 0 Å². The highest BCUT2D eigenvalue weighted by Crippen LogP contribution is 2.11. The molecule has 0 atom stereocenters. The van der Waals surface area contributed by atoms with Gasteiger partial charge in [-0.05, 0) is 19.1 Å². The molecule has 98 valence electrons. The minimum atomic E-state index is -0.562. The molecule has 0 aliphatic rings. The van der Waals surface area contributed by atoms with Crippen molar-refractivity contribution in [3.63, 3.8) is 0 Å². The van der Waals surface area contributed by atoms with Gasteiger partial charge in [-0.15, -0.1) is 0 Å². The first-order valence-electron chi connectivity index (χ1n) is 5.72. The minimum Gasteiger partial charge on any atom is -0.805 e. The fourth-order valence-electron chi connectivity index (χ4n) is 1.66. The lowest BCUT2D eigenvalue weighted by Gasteiger charge is -2.14. The Hall–Kier alpha value is -2.63. The van der Waals surface area contributed by atoms with Crippen molar-refractivity contribution in [3.8, 4) is 0 Å². The molecule has 0 saturated heterocycles. The maximum absolute atomic E-state index is 12.0. The van der Waals surface area contributed by atoms with E-state index in [0.717, 1.165) is 12.3 Å². The van der Waals surface area contributed by atoms with Crippen molar-refractivity contribution in [2.75, 3.05) is 6.61 Å². The molecular weight excluding hydrogens is 248 g/mol. The number of hydrogen-bond donors (Lipinski definition) is 0. The summed E-state index contributed by atoms with van der Waals surface area (Å²) in [5.41, 5.74) is 0.580. The van der Waals surface area contributed by atoms with Crippen LogP contribution in [0, 0.1) is 10.1 Å². The van der Waals surface area contributed by atoms with Crippen molar-refractivity contribution in [3.05, 3.63) is 52.3 Å². The average Bonchev–Trinajstić information content (AvgIpc) is 2.42. The highest BCUT2D eigenvalue weighted by Gasteiger charge is 2.09. The zero-order valence-electron chi connectivity index (χ0n) is 10.3. The van der Waals surface area contributed by atoms with E-state index in [-0.39, 0.29) is 23.3 Å². The van der Waals surface area contributed by atoms with Gasteiger partial charge in [0.05, 0.1) is 11.0 Å². The summed E-state index contributed by atoms with van der Waals surface area (Å²) in [6.07, 6.45) is 3.49. The van der Waals surface area contributed by atoms with Crippen LogP contribution in [0.5, 0.6) is 0 Å².